The second-order valence-electron chi connectivity index (χ2n) is 5.16. The molecule has 8 nitrogen and oxygen atoms in total. The largest absolute Gasteiger partial charge is 0.396 e. The number of nitrogens with one attached hydrogen (secondary N) is 1. The predicted molar refractivity (Wildman–Crippen MR) is 90.6 cm³/mol. The molecule has 2 aromatic heterocycles. The number of carbonyl (C=O) groups is 1. The minimum absolute atomic E-state index is 0.0443. The molecule has 0 radical (unpaired) electrons. The molecular formula is C15H17N7O. The Morgan fingerprint density at radius 3 is 2.83 bits per heavy atom. The van der Waals surface area contributed by atoms with Crippen molar-refractivity contribution in [2.45, 2.75) is 6.92 Å². The summed E-state index contributed by atoms with van der Waals surface area (Å²) in [4.78, 5) is 17.1. The van der Waals surface area contributed by atoms with Crippen LogP contribution in [0.1, 0.15) is 6.92 Å². The second kappa shape index (κ2) is 5.48. The highest BCUT2D eigenvalue weighted by Crippen LogP contribution is 2.24. The van der Waals surface area contributed by atoms with Gasteiger partial charge in [0, 0.05) is 31.4 Å². The van der Waals surface area contributed by atoms with Gasteiger partial charge in [0.25, 0.3) is 0 Å². The SMILES string of the molecule is CC(=O)N(C)c1cccc(Nc2cc(N)c3ncc(N)n3n2)c1. The number of rotatable bonds is 3. The Morgan fingerprint density at radius 1 is 1.30 bits per heavy atom. The number of anilines is 5. The van der Waals surface area contributed by atoms with Gasteiger partial charge in [-0.25, -0.2) is 4.98 Å². The minimum atomic E-state index is -0.0443. The van der Waals surface area contributed by atoms with Gasteiger partial charge in [0.2, 0.25) is 5.91 Å². The first-order chi connectivity index (χ1) is 11.0. The van der Waals surface area contributed by atoms with Crippen LogP contribution in [0.3, 0.4) is 0 Å². The van der Waals surface area contributed by atoms with Crippen molar-refractivity contribution in [3.63, 3.8) is 0 Å². The second-order valence-corrected chi connectivity index (χ2v) is 5.16. The van der Waals surface area contributed by atoms with Gasteiger partial charge in [0.05, 0.1) is 11.9 Å². The molecule has 1 amide bonds. The average molecular weight is 311 g/mol. The van der Waals surface area contributed by atoms with E-state index in [4.69, 9.17) is 11.5 Å². The van der Waals surface area contributed by atoms with E-state index >= 15 is 0 Å². The van der Waals surface area contributed by atoms with Crippen LogP contribution < -0.4 is 21.7 Å². The van der Waals surface area contributed by atoms with E-state index in [2.05, 4.69) is 15.4 Å². The predicted octanol–water partition coefficient (Wildman–Crippen LogP) is 1.62. The summed E-state index contributed by atoms with van der Waals surface area (Å²) in [5.41, 5.74) is 14.3. The third kappa shape index (κ3) is 2.73. The summed E-state index contributed by atoms with van der Waals surface area (Å²) in [5, 5.41) is 7.51. The van der Waals surface area contributed by atoms with Gasteiger partial charge in [-0.3, -0.25) is 4.79 Å². The Hall–Kier alpha value is -3.29. The van der Waals surface area contributed by atoms with Gasteiger partial charge in [0.15, 0.2) is 11.5 Å². The zero-order chi connectivity index (χ0) is 16.6. The lowest BCUT2D eigenvalue weighted by molar-refractivity contribution is -0.116. The number of hydrogen-bond acceptors (Lipinski definition) is 6. The van der Waals surface area contributed by atoms with Crippen molar-refractivity contribution in [3.8, 4) is 0 Å². The Bertz CT molecular complexity index is 887. The van der Waals surface area contributed by atoms with Gasteiger partial charge in [0.1, 0.15) is 5.82 Å². The minimum Gasteiger partial charge on any atom is -0.396 e. The Morgan fingerprint density at radius 2 is 2.09 bits per heavy atom. The van der Waals surface area contributed by atoms with E-state index in [1.54, 1.807) is 18.0 Å². The monoisotopic (exact) mass is 311 g/mol. The first-order valence-corrected chi connectivity index (χ1v) is 6.97. The van der Waals surface area contributed by atoms with Crippen LogP contribution in [0.15, 0.2) is 36.5 Å². The zero-order valence-electron chi connectivity index (χ0n) is 12.8. The van der Waals surface area contributed by atoms with Crippen LogP contribution in [0, 0.1) is 0 Å². The summed E-state index contributed by atoms with van der Waals surface area (Å²) in [7, 11) is 1.72. The van der Waals surface area contributed by atoms with Crippen LogP contribution in [0.2, 0.25) is 0 Å². The highest BCUT2D eigenvalue weighted by Gasteiger charge is 2.09. The maximum atomic E-state index is 11.5. The van der Waals surface area contributed by atoms with Crippen LogP contribution in [0.25, 0.3) is 5.65 Å². The molecule has 8 heteroatoms. The molecule has 5 N–H and O–H groups in total. The van der Waals surface area contributed by atoms with Crippen molar-refractivity contribution in [2.24, 2.45) is 0 Å². The summed E-state index contributed by atoms with van der Waals surface area (Å²) in [6.07, 6.45) is 1.50. The topological polar surface area (TPSA) is 115 Å². The van der Waals surface area contributed by atoms with Crippen LogP contribution in [-0.4, -0.2) is 27.6 Å². The van der Waals surface area contributed by atoms with E-state index in [0.29, 0.717) is 23.0 Å². The van der Waals surface area contributed by atoms with Gasteiger partial charge in [-0.2, -0.15) is 4.52 Å². The number of aromatic nitrogens is 3. The molecule has 0 aliphatic rings. The highest BCUT2D eigenvalue weighted by atomic mass is 16.2. The number of hydrogen-bond donors (Lipinski definition) is 3. The van der Waals surface area contributed by atoms with Gasteiger partial charge >= 0.3 is 0 Å². The molecule has 0 bridgehead atoms. The molecule has 3 rings (SSSR count). The third-order valence-corrected chi connectivity index (χ3v) is 3.50. The maximum absolute atomic E-state index is 11.5. The molecule has 0 aliphatic heterocycles. The summed E-state index contributed by atoms with van der Waals surface area (Å²) in [6.45, 7) is 1.51. The van der Waals surface area contributed by atoms with Gasteiger partial charge in [-0.05, 0) is 18.2 Å². The van der Waals surface area contributed by atoms with Crippen molar-refractivity contribution in [2.75, 3.05) is 28.7 Å². The van der Waals surface area contributed by atoms with Gasteiger partial charge < -0.3 is 21.7 Å². The Labute approximate surface area is 132 Å². The lowest BCUT2D eigenvalue weighted by Crippen LogP contribution is -2.22. The molecule has 0 spiro atoms. The fourth-order valence-corrected chi connectivity index (χ4v) is 2.19. The summed E-state index contributed by atoms with van der Waals surface area (Å²) in [6, 6.07) is 9.11. The molecule has 2 heterocycles. The summed E-state index contributed by atoms with van der Waals surface area (Å²) in [5.74, 6) is 0.889. The fraction of sp³-hybridized carbons (Fsp3) is 0.133. The van der Waals surface area contributed by atoms with E-state index in [1.807, 2.05) is 24.3 Å². The molecule has 0 atom stereocenters. The number of imidazole rings is 1. The first kappa shape index (κ1) is 14.6. The van der Waals surface area contributed by atoms with E-state index in [1.165, 1.54) is 17.6 Å². The number of nitrogens with zero attached hydrogens (tertiary/aromatic N) is 4. The standard InChI is InChI=1S/C15H17N7O/c1-9(23)21(2)11-5-3-4-10(6-11)19-14-7-12(16)15-18-8-13(17)22(15)20-14/h3-8H,16-17H2,1-2H3,(H,19,20). The molecule has 0 unspecified atom stereocenters. The van der Waals surface area contributed by atoms with Crippen molar-refractivity contribution in [3.05, 3.63) is 36.5 Å². The van der Waals surface area contributed by atoms with Crippen molar-refractivity contribution in [1.82, 2.24) is 14.6 Å². The van der Waals surface area contributed by atoms with Crippen LogP contribution >= 0.6 is 0 Å². The van der Waals surface area contributed by atoms with E-state index < -0.39 is 0 Å². The number of carbonyl (C=O) groups excluding carboxylic acids is 1. The molecule has 23 heavy (non-hydrogen) atoms. The van der Waals surface area contributed by atoms with Crippen LogP contribution in [0.4, 0.5) is 28.7 Å². The summed E-state index contributed by atoms with van der Waals surface area (Å²) >= 11 is 0. The number of nitrogen functional groups attached to an aromatic ring is 2. The number of benzene rings is 1. The Kier molecular flexibility index (Phi) is 3.49. The Balaban J connectivity index is 1.94. The number of fused-ring (bicyclic) bond motifs is 1. The average Bonchev–Trinajstić information content (AvgIpc) is 2.89. The maximum Gasteiger partial charge on any atom is 0.223 e. The quantitative estimate of drug-likeness (QED) is 0.677. The molecule has 1 aromatic carbocycles. The number of nitrogens with two attached hydrogens (primary N) is 2. The molecule has 0 saturated carbocycles. The first-order valence-electron chi connectivity index (χ1n) is 6.97. The van der Waals surface area contributed by atoms with Gasteiger partial charge in [-0.15, -0.1) is 5.10 Å². The number of amides is 1. The fourth-order valence-electron chi connectivity index (χ4n) is 2.19. The molecule has 0 fully saturated rings. The van der Waals surface area contributed by atoms with E-state index in [-0.39, 0.29) is 5.91 Å². The molecule has 118 valence electrons. The molecule has 0 aliphatic carbocycles. The third-order valence-electron chi connectivity index (χ3n) is 3.50. The molecule has 0 saturated heterocycles. The zero-order valence-corrected chi connectivity index (χ0v) is 12.8. The van der Waals surface area contributed by atoms with Crippen LogP contribution in [-0.2, 0) is 4.79 Å². The lowest BCUT2D eigenvalue weighted by Gasteiger charge is -2.16. The molecular weight excluding hydrogens is 294 g/mol. The highest BCUT2D eigenvalue weighted by molar-refractivity contribution is 5.91. The van der Waals surface area contributed by atoms with E-state index in [9.17, 15) is 4.79 Å². The normalized spacial score (nSPS) is 10.7. The van der Waals surface area contributed by atoms with Gasteiger partial charge in [-0.1, -0.05) is 6.07 Å². The van der Waals surface area contributed by atoms with Crippen molar-refractivity contribution < 1.29 is 4.79 Å². The summed E-state index contributed by atoms with van der Waals surface area (Å²) < 4.78 is 1.48. The molecule has 3 aromatic rings. The van der Waals surface area contributed by atoms with Crippen molar-refractivity contribution in [1.29, 1.82) is 0 Å². The van der Waals surface area contributed by atoms with Crippen molar-refractivity contribution >= 4 is 40.3 Å². The van der Waals surface area contributed by atoms with E-state index in [0.717, 1.165) is 11.4 Å². The lowest BCUT2D eigenvalue weighted by atomic mass is 10.2. The smallest absolute Gasteiger partial charge is 0.223 e. The van der Waals surface area contributed by atoms with Crippen LogP contribution in [0.5, 0.6) is 0 Å².